The van der Waals surface area contributed by atoms with E-state index in [2.05, 4.69) is 10.3 Å². The van der Waals surface area contributed by atoms with Crippen LogP contribution >= 0.6 is 0 Å². The molecule has 2 N–H and O–H groups in total. The normalized spacial score (nSPS) is 10.1. The lowest BCUT2D eigenvalue weighted by Gasteiger charge is -2.09. The van der Waals surface area contributed by atoms with Crippen molar-refractivity contribution < 1.29 is 23.5 Å². The quantitative estimate of drug-likeness (QED) is 0.903. The number of rotatable bonds is 3. The number of anilines is 1. The maximum atomic E-state index is 13.6. The Morgan fingerprint density at radius 3 is 2.50 bits per heavy atom. The molecule has 1 heterocycles. The average Bonchev–Trinajstić information content (AvgIpc) is 2.41. The zero-order chi connectivity index (χ0) is 14.7. The summed E-state index contributed by atoms with van der Waals surface area (Å²) < 4.78 is 26.3. The SMILES string of the molecule is O=C(Nc1c(F)cccc1C(=O)O)c1ccc(F)cn1. The molecule has 5 nitrogen and oxygen atoms in total. The summed E-state index contributed by atoms with van der Waals surface area (Å²) in [6.07, 6.45) is 0.828. The number of benzene rings is 1. The van der Waals surface area contributed by atoms with Gasteiger partial charge in [0.25, 0.3) is 5.91 Å². The summed E-state index contributed by atoms with van der Waals surface area (Å²) in [5, 5.41) is 11.0. The third kappa shape index (κ3) is 2.77. The Bertz CT molecular complexity index is 672. The van der Waals surface area contributed by atoms with Gasteiger partial charge in [-0.15, -0.1) is 0 Å². The summed E-state index contributed by atoms with van der Waals surface area (Å²) in [5.41, 5.74) is -1.01. The number of nitrogens with one attached hydrogen (secondary N) is 1. The number of amides is 1. The van der Waals surface area contributed by atoms with Crippen molar-refractivity contribution in [3.63, 3.8) is 0 Å². The fourth-order valence-corrected chi connectivity index (χ4v) is 1.52. The molecular weight excluding hydrogens is 270 g/mol. The molecule has 0 saturated carbocycles. The van der Waals surface area contributed by atoms with Crippen molar-refractivity contribution in [2.75, 3.05) is 5.32 Å². The lowest BCUT2D eigenvalue weighted by atomic mass is 10.1. The van der Waals surface area contributed by atoms with Crippen molar-refractivity contribution in [1.82, 2.24) is 4.98 Å². The molecule has 0 aliphatic carbocycles. The van der Waals surface area contributed by atoms with Crippen molar-refractivity contribution in [1.29, 1.82) is 0 Å². The molecule has 0 aliphatic heterocycles. The fraction of sp³-hybridized carbons (Fsp3) is 0. The van der Waals surface area contributed by atoms with E-state index >= 15 is 0 Å². The fourth-order valence-electron chi connectivity index (χ4n) is 1.52. The van der Waals surface area contributed by atoms with E-state index in [4.69, 9.17) is 5.11 Å². The molecule has 20 heavy (non-hydrogen) atoms. The standard InChI is InChI=1S/C13H8F2N2O3/c14-7-4-5-10(16-6-7)12(18)17-11-8(13(19)20)2-1-3-9(11)15/h1-6H,(H,17,18)(H,19,20). The van der Waals surface area contributed by atoms with Gasteiger partial charge in [-0.2, -0.15) is 0 Å². The number of halogens is 2. The van der Waals surface area contributed by atoms with Crippen LogP contribution in [0.25, 0.3) is 0 Å². The van der Waals surface area contributed by atoms with E-state index in [9.17, 15) is 18.4 Å². The molecule has 0 spiro atoms. The predicted molar refractivity (Wildman–Crippen MR) is 65.5 cm³/mol. The first-order chi connectivity index (χ1) is 9.49. The molecule has 0 aliphatic rings. The third-order valence-corrected chi connectivity index (χ3v) is 2.44. The third-order valence-electron chi connectivity index (χ3n) is 2.44. The van der Waals surface area contributed by atoms with Gasteiger partial charge < -0.3 is 10.4 Å². The van der Waals surface area contributed by atoms with Gasteiger partial charge >= 0.3 is 5.97 Å². The monoisotopic (exact) mass is 278 g/mol. The van der Waals surface area contributed by atoms with Crippen LogP contribution in [0.15, 0.2) is 36.5 Å². The minimum absolute atomic E-state index is 0.161. The lowest BCUT2D eigenvalue weighted by Crippen LogP contribution is -2.17. The molecule has 0 unspecified atom stereocenters. The van der Waals surface area contributed by atoms with Gasteiger partial charge in [0, 0.05) is 0 Å². The van der Waals surface area contributed by atoms with E-state index in [1.807, 2.05) is 0 Å². The Morgan fingerprint density at radius 1 is 1.15 bits per heavy atom. The van der Waals surface area contributed by atoms with E-state index in [0.29, 0.717) is 0 Å². The summed E-state index contributed by atoms with van der Waals surface area (Å²) in [6.45, 7) is 0. The van der Waals surface area contributed by atoms with E-state index in [1.54, 1.807) is 0 Å². The molecule has 102 valence electrons. The second kappa shape index (κ2) is 5.43. The van der Waals surface area contributed by atoms with Gasteiger partial charge in [-0.25, -0.2) is 18.6 Å². The van der Waals surface area contributed by atoms with E-state index in [0.717, 1.165) is 30.5 Å². The van der Waals surface area contributed by atoms with Gasteiger partial charge in [0.15, 0.2) is 0 Å². The van der Waals surface area contributed by atoms with Crippen molar-refractivity contribution in [2.24, 2.45) is 0 Å². The Hall–Kier alpha value is -2.83. The van der Waals surface area contributed by atoms with E-state index in [-0.39, 0.29) is 11.3 Å². The molecular formula is C13H8F2N2O3. The van der Waals surface area contributed by atoms with Crippen LogP contribution in [0.4, 0.5) is 14.5 Å². The highest BCUT2D eigenvalue weighted by molar-refractivity contribution is 6.06. The van der Waals surface area contributed by atoms with Crippen LogP contribution in [0.1, 0.15) is 20.8 Å². The minimum atomic E-state index is -1.38. The number of carboxylic acids is 1. The maximum Gasteiger partial charge on any atom is 0.337 e. The predicted octanol–water partition coefficient (Wildman–Crippen LogP) is 2.31. The number of carboxylic acid groups (broad SMARTS) is 1. The minimum Gasteiger partial charge on any atom is -0.478 e. The summed E-state index contributed by atoms with van der Waals surface area (Å²) in [6, 6.07) is 5.50. The largest absolute Gasteiger partial charge is 0.478 e. The average molecular weight is 278 g/mol. The smallest absolute Gasteiger partial charge is 0.337 e. The summed E-state index contributed by atoms with van der Waals surface area (Å²) in [5.74, 6) is -3.73. The highest BCUT2D eigenvalue weighted by atomic mass is 19.1. The van der Waals surface area contributed by atoms with E-state index in [1.165, 1.54) is 6.07 Å². The maximum absolute atomic E-state index is 13.6. The number of para-hydroxylation sites is 1. The zero-order valence-corrected chi connectivity index (χ0v) is 9.93. The van der Waals surface area contributed by atoms with Crippen molar-refractivity contribution in [2.45, 2.75) is 0 Å². The second-order valence-electron chi connectivity index (χ2n) is 3.78. The van der Waals surface area contributed by atoms with Gasteiger partial charge in [0.05, 0.1) is 17.4 Å². The number of carbonyl (C=O) groups is 2. The van der Waals surface area contributed by atoms with Crippen molar-refractivity contribution >= 4 is 17.6 Å². The van der Waals surface area contributed by atoms with Crippen molar-refractivity contribution in [3.05, 3.63) is 59.4 Å². The van der Waals surface area contributed by atoms with Gasteiger partial charge in [0.2, 0.25) is 0 Å². The van der Waals surface area contributed by atoms with Crippen LogP contribution in [0, 0.1) is 11.6 Å². The van der Waals surface area contributed by atoms with Crippen LogP contribution in [0.2, 0.25) is 0 Å². The molecule has 0 radical (unpaired) electrons. The number of hydrogen-bond acceptors (Lipinski definition) is 3. The van der Waals surface area contributed by atoms with Crippen LogP contribution in [0.5, 0.6) is 0 Å². The first kappa shape index (κ1) is 13.6. The lowest BCUT2D eigenvalue weighted by molar-refractivity contribution is 0.0697. The highest BCUT2D eigenvalue weighted by Gasteiger charge is 2.17. The van der Waals surface area contributed by atoms with Gasteiger partial charge in [-0.05, 0) is 24.3 Å². The number of pyridine rings is 1. The number of aromatic carboxylic acids is 1. The second-order valence-corrected chi connectivity index (χ2v) is 3.78. The summed E-state index contributed by atoms with van der Waals surface area (Å²) >= 11 is 0. The Kier molecular flexibility index (Phi) is 3.69. The Labute approximate surface area is 111 Å². The van der Waals surface area contributed by atoms with Gasteiger partial charge in [-0.3, -0.25) is 4.79 Å². The molecule has 2 aromatic rings. The van der Waals surface area contributed by atoms with Gasteiger partial charge in [-0.1, -0.05) is 6.07 Å². The van der Waals surface area contributed by atoms with Crippen molar-refractivity contribution in [3.8, 4) is 0 Å². The molecule has 1 aromatic heterocycles. The molecule has 0 fully saturated rings. The topological polar surface area (TPSA) is 79.3 Å². The number of carbonyl (C=O) groups excluding carboxylic acids is 1. The summed E-state index contributed by atoms with van der Waals surface area (Å²) in [4.78, 5) is 26.3. The van der Waals surface area contributed by atoms with Crippen LogP contribution in [0.3, 0.4) is 0 Å². The molecule has 1 aromatic carbocycles. The first-order valence-electron chi connectivity index (χ1n) is 5.44. The molecule has 2 rings (SSSR count). The molecule has 7 heteroatoms. The number of hydrogen-bond donors (Lipinski definition) is 2. The molecule has 0 bridgehead atoms. The van der Waals surface area contributed by atoms with Crippen LogP contribution in [-0.2, 0) is 0 Å². The van der Waals surface area contributed by atoms with E-state index < -0.39 is 29.2 Å². The zero-order valence-electron chi connectivity index (χ0n) is 9.93. The Morgan fingerprint density at radius 2 is 1.90 bits per heavy atom. The van der Waals surface area contributed by atoms with Crippen LogP contribution in [-0.4, -0.2) is 22.0 Å². The molecule has 0 atom stereocenters. The first-order valence-corrected chi connectivity index (χ1v) is 5.44. The van der Waals surface area contributed by atoms with Crippen LogP contribution < -0.4 is 5.32 Å². The number of nitrogens with zero attached hydrogens (tertiary/aromatic N) is 1. The Balaban J connectivity index is 2.32. The molecule has 0 saturated heterocycles. The summed E-state index contributed by atoms with van der Waals surface area (Å²) in [7, 11) is 0. The van der Waals surface area contributed by atoms with Gasteiger partial charge in [0.1, 0.15) is 17.3 Å². The number of aromatic nitrogens is 1. The molecule has 1 amide bonds. The highest BCUT2D eigenvalue weighted by Crippen LogP contribution is 2.20.